The van der Waals surface area contributed by atoms with Gasteiger partial charge >= 0.3 is 6.85 Å². The van der Waals surface area contributed by atoms with Crippen molar-refractivity contribution in [3.8, 4) is 33.4 Å². The van der Waals surface area contributed by atoms with Crippen LogP contribution in [0.15, 0.2) is 150 Å². The fourth-order valence-corrected chi connectivity index (χ4v) is 13.4. The van der Waals surface area contributed by atoms with Gasteiger partial charge in [-0.1, -0.05) is 158 Å². The molecule has 2 aliphatic carbocycles. The smallest absolute Gasteiger partial charge is 0.375 e. The number of fused-ring (bicyclic) bond motifs is 15. The van der Waals surface area contributed by atoms with E-state index in [2.05, 4.69) is 203 Å². The average molecular weight is 867 g/mol. The summed E-state index contributed by atoms with van der Waals surface area (Å²) in [5, 5.41) is 6.29. The van der Waals surface area contributed by atoms with Crippen molar-refractivity contribution in [3.63, 3.8) is 0 Å². The molecule has 4 heterocycles. The molecule has 0 amide bonds. The SMILES string of the molecule is CCCCc1ccc(N2c3cc4c(c5c3B(c3oc6cc7c(cc6c32)C(C)(C)CCC7(C)C)n2c3cc6ccccc6cc3c3cccc-5c32)C(C)(C)c2ccccc2-4)c(-c2ccccc2)c1. The molecule has 0 saturated heterocycles. The second kappa shape index (κ2) is 13.4. The van der Waals surface area contributed by atoms with Crippen molar-refractivity contribution >= 4 is 78.6 Å². The fraction of sp³-hybridized carbons (Fsp3) is 0.238. The summed E-state index contributed by atoms with van der Waals surface area (Å²) in [5.74, 6) is 0. The molecule has 0 bridgehead atoms. The minimum Gasteiger partial charge on any atom is -0.466 e. The molecule has 2 aromatic heterocycles. The lowest BCUT2D eigenvalue weighted by Crippen LogP contribution is -2.56. The van der Waals surface area contributed by atoms with Crippen molar-refractivity contribution in [2.75, 3.05) is 4.90 Å². The molecule has 4 heteroatoms. The first-order chi connectivity index (χ1) is 32.4. The highest BCUT2D eigenvalue weighted by atomic mass is 16.3. The van der Waals surface area contributed by atoms with E-state index in [0.29, 0.717) is 0 Å². The molecule has 0 N–H and O–H groups in total. The zero-order chi connectivity index (χ0) is 45.3. The Morgan fingerprint density at radius 2 is 1.30 bits per heavy atom. The van der Waals surface area contributed by atoms with Gasteiger partial charge in [-0.15, -0.1) is 0 Å². The zero-order valence-electron chi connectivity index (χ0n) is 39.8. The van der Waals surface area contributed by atoms with Gasteiger partial charge in [0.15, 0.2) is 0 Å². The van der Waals surface area contributed by atoms with Gasteiger partial charge in [-0.05, 0) is 145 Å². The molecule has 0 saturated carbocycles. The summed E-state index contributed by atoms with van der Waals surface area (Å²) < 4.78 is 10.5. The largest absolute Gasteiger partial charge is 0.466 e. The van der Waals surface area contributed by atoms with Crippen LogP contribution in [0.1, 0.15) is 102 Å². The zero-order valence-corrected chi connectivity index (χ0v) is 39.8. The molecule has 0 atom stereocenters. The highest BCUT2D eigenvalue weighted by Crippen LogP contribution is 2.59. The second-order valence-electron chi connectivity index (χ2n) is 22.1. The number of anilines is 3. The third kappa shape index (κ3) is 5.19. The van der Waals surface area contributed by atoms with Gasteiger partial charge in [0.25, 0.3) is 0 Å². The van der Waals surface area contributed by atoms with Gasteiger partial charge in [0, 0.05) is 49.4 Å². The number of nitrogens with zero attached hydrogens (tertiary/aromatic N) is 2. The molecular formula is C63H55BN2O. The lowest BCUT2D eigenvalue weighted by molar-refractivity contribution is 0.332. The van der Waals surface area contributed by atoms with E-state index in [-0.39, 0.29) is 23.1 Å². The van der Waals surface area contributed by atoms with E-state index in [1.165, 1.54) is 122 Å². The van der Waals surface area contributed by atoms with Crippen LogP contribution in [0, 0.1) is 0 Å². The third-order valence-electron chi connectivity index (χ3n) is 16.9. The van der Waals surface area contributed by atoms with E-state index in [1.807, 2.05) is 0 Å². The number of unbranched alkanes of at least 4 members (excludes halogenated alkanes) is 1. The van der Waals surface area contributed by atoms with Crippen LogP contribution in [0.3, 0.4) is 0 Å². The van der Waals surface area contributed by atoms with Crippen molar-refractivity contribution in [2.24, 2.45) is 0 Å². The van der Waals surface area contributed by atoms with Crippen LogP contribution >= 0.6 is 0 Å². The van der Waals surface area contributed by atoms with E-state index in [9.17, 15) is 0 Å². The van der Waals surface area contributed by atoms with Crippen molar-refractivity contribution in [1.82, 2.24) is 4.48 Å². The minimum absolute atomic E-state index is 0.0215. The van der Waals surface area contributed by atoms with Gasteiger partial charge < -0.3 is 13.8 Å². The Morgan fingerprint density at radius 1 is 0.582 bits per heavy atom. The van der Waals surface area contributed by atoms with Crippen molar-refractivity contribution in [3.05, 3.63) is 173 Å². The van der Waals surface area contributed by atoms with Gasteiger partial charge in [0.2, 0.25) is 0 Å². The van der Waals surface area contributed by atoms with Crippen LogP contribution in [0.2, 0.25) is 0 Å². The Kier molecular flexibility index (Phi) is 7.90. The van der Waals surface area contributed by atoms with Crippen LogP contribution in [-0.4, -0.2) is 11.3 Å². The van der Waals surface area contributed by atoms with E-state index in [4.69, 9.17) is 4.42 Å². The predicted octanol–water partition coefficient (Wildman–Crippen LogP) is 15.8. The van der Waals surface area contributed by atoms with Crippen molar-refractivity contribution in [1.29, 1.82) is 0 Å². The summed E-state index contributed by atoms with van der Waals surface area (Å²) in [4.78, 5) is 2.66. The normalized spacial score (nSPS) is 16.6. The third-order valence-corrected chi connectivity index (χ3v) is 16.9. The van der Waals surface area contributed by atoms with Crippen molar-refractivity contribution in [2.45, 2.75) is 96.8 Å². The molecule has 0 unspecified atom stereocenters. The number of furan rings is 1. The maximum absolute atomic E-state index is 7.76. The molecule has 4 aliphatic rings. The molecule has 8 aromatic carbocycles. The Labute approximate surface area is 394 Å². The number of hydrogen-bond acceptors (Lipinski definition) is 2. The molecule has 0 spiro atoms. The quantitative estimate of drug-likeness (QED) is 0.161. The van der Waals surface area contributed by atoms with Crippen LogP contribution in [0.4, 0.5) is 17.1 Å². The number of para-hydroxylation sites is 1. The molecule has 2 aliphatic heterocycles. The number of rotatable bonds is 5. The second-order valence-corrected chi connectivity index (χ2v) is 22.1. The Balaban J connectivity index is 1.19. The van der Waals surface area contributed by atoms with E-state index in [1.54, 1.807) is 0 Å². The topological polar surface area (TPSA) is 21.3 Å². The Bertz CT molecular complexity index is 3790. The minimum atomic E-state index is -0.239. The molecular weight excluding hydrogens is 812 g/mol. The molecule has 67 heavy (non-hydrogen) atoms. The molecule has 10 aromatic rings. The van der Waals surface area contributed by atoms with Crippen LogP contribution in [0.5, 0.6) is 0 Å². The summed E-state index contributed by atoms with van der Waals surface area (Å²) >= 11 is 0. The number of hydrogen-bond donors (Lipinski definition) is 0. The highest BCUT2D eigenvalue weighted by molar-refractivity contribution is 6.89. The van der Waals surface area contributed by atoms with Gasteiger partial charge in [0.05, 0.1) is 11.4 Å². The summed E-state index contributed by atoms with van der Waals surface area (Å²) in [6, 6.07) is 56.1. The first kappa shape index (κ1) is 39.4. The summed E-state index contributed by atoms with van der Waals surface area (Å²) in [6.07, 6.45) is 5.67. The van der Waals surface area contributed by atoms with Crippen LogP contribution in [-0.2, 0) is 22.7 Å². The Hall–Kier alpha value is -6.78. The summed E-state index contributed by atoms with van der Waals surface area (Å²) in [5.41, 5.74) is 24.1. The van der Waals surface area contributed by atoms with Crippen LogP contribution in [0.25, 0.3) is 76.9 Å². The summed E-state index contributed by atoms with van der Waals surface area (Å²) in [7, 11) is 0. The van der Waals surface area contributed by atoms with Crippen LogP contribution < -0.4 is 16.0 Å². The van der Waals surface area contributed by atoms with Gasteiger partial charge in [-0.3, -0.25) is 0 Å². The van der Waals surface area contributed by atoms with Gasteiger partial charge in [0.1, 0.15) is 11.2 Å². The van der Waals surface area contributed by atoms with E-state index in [0.717, 1.165) is 43.3 Å². The lowest BCUT2D eigenvalue weighted by Gasteiger charge is -2.42. The van der Waals surface area contributed by atoms with Gasteiger partial charge in [-0.2, -0.15) is 0 Å². The number of aryl methyl sites for hydroxylation is 1. The predicted molar refractivity (Wildman–Crippen MR) is 284 cm³/mol. The number of benzene rings is 8. The molecule has 0 fully saturated rings. The summed E-state index contributed by atoms with van der Waals surface area (Å²) in [6.45, 7) is 16.8. The number of aromatic nitrogens is 1. The first-order valence-corrected chi connectivity index (χ1v) is 24.8. The molecule has 14 rings (SSSR count). The maximum atomic E-state index is 7.76. The molecule has 0 radical (unpaired) electrons. The monoisotopic (exact) mass is 866 g/mol. The first-order valence-electron chi connectivity index (χ1n) is 24.8. The van der Waals surface area contributed by atoms with E-state index < -0.39 is 0 Å². The van der Waals surface area contributed by atoms with E-state index >= 15 is 0 Å². The standard InChI is InChI=1S/C63H55BN2O/c1-8-9-18-37-27-28-51(44(31-37)38-19-11-10-12-20-38)65-53-35-46-41-23-15-16-26-48(41)63(6,7)56(46)55-43-25-17-24-42-45-32-39-21-13-14-22-40(39)33-52(45)66(58(42)43)64(57(53)55)60-59(65)47-34-49-50(36-54(47)67-60)62(4,5)30-29-61(49,2)3/h10-17,19-28,31-36H,8-9,18,29-30H2,1-7H3. The Morgan fingerprint density at radius 3 is 2.09 bits per heavy atom. The van der Waals surface area contributed by atoms with Crippen molar-refractivity contribution < 1.29 is 4.42 Å². The fourth-order valence-electron chi connectivity index (χ4n) is 13.4. The highest BCUT2D eigenvalue weighted by Gasteiger charge is 2.51. The molecule has 3 nitrogen and oxygen atoms in total. The maximum Gasteiger partial charge on any atom is 0.375 e. The van der Waals surface area contributed by atoms with Gasteiger partial charge in [-0.25, -0.2) is 0 Å². The molecule has 326 valence electrons. The lowest BCUT2D eigenvalue weighted by atomic mass is 9.46. The average Bonchev–Trinajstić information content (AvgIpc) is 3.95.